The van der Waals surface area contributed by atoms with Crippen molar-refractivity contribution >= 4 is 0 Å². The van der Waals surface area contributed by atoms with Gasteiger partial charge in [-0.1, -0.05) is 42.5 Å². The molecule has 0 amide bonds. The fourth-order valence-corrected chi connectivity index (χ4v) is 2.31. The number of nitro groups is 1. The van der Waals surface area contributed by atoms with E-state index in [2.05, 4.69) is 0 Å². The van der Waals surface area contributed by atoms with Crippen molar-refractivity contribution < 1.29 is 14.4 Å². The number of ether oxygens (including phenoxy) is 2. The molecule has 0 aromatic heterocycles. The molecule has 0 bridgehead atoms. The van der Waals surface area contributed by atoms with Crippen molar-refractivity contribution in [3.8, 4) is 11.5 Å². The molecule has 5 nitrogen and oxygen atoms in total. The van der Waals surface area contributed by atoms with Crippen LogP contribution in [0.4, 0.5) is 0 Å². The summed E-state index contributed by atoms with van der Waals surface area (Å²) >= 11 is 0. The molecule has 1 aliphatic rings. The van der Waals surface area contributed by atoms with Crippen LogP contribution in [0, 0.1) is 10.1 Å². The summed E-state index contributed by atoms with van der Waals surface area (Å²) in [5, 5.41) is 11.6. The first-order valence-electron chi connectivity index (χ1n) is 7.18. The van der Waals surface area contributed by atoms with Crippen molar-refractivity contribution in [3.05, 3.63) is 94.8 Å². The molecule has 2 aromatic rings. The Hall–Kier alpha value is -3.08. The van der Waals surface area contributed by atoms with Crippen LogP contribution in [0.2, 0.25) is 0 Å². The first-order chi connectivity index (χ1) is 11.2. The summed E-state index contributed by atoms with van der Waals surface area (Å²) in [6.07, 6.45) is 4.76. The van der Waals surface area contributed by atoms with Gasteiger partial charge in [-0.2, -0.15) is 0 Å². The van der Waals surface area contributed by atoms with Crippen LogP contribution in [-0.2, 0) is 0 Å². The molecule has 0 spiro atoms. The topological polar surface area (TPSA) is 61.6 Å². The highest BCUT2D eigenvalue weighted by atomic mass is 16.7. The summed E-state index contributed by atoms with van der Waals surface area (Å²) in [6, 6.07) is 17.9. The summed E-state index contributed by atoms with van der Waals surface area (Å²) < 4.78 is 11.4. The second-order valence-electron chi connectivity index (χ2n) is 5.10. The Bertz CT molecular complexity index is 740. The molecule has 1 atom stereocenters. The van der Waals surface area contributed by atoms with E-state index in [0.29, 0.717) is 17.3 Å². The maximum absolute atomic E-state index is 11.6. The second-order valence-corrected chi connectivity index (χ2v) is 5.10. The highest BCUT2D eigenvalue weighted by Crippen LogP contribution is 2.31. The normalized spacial score (nSPS) is 19.7. The van der Waals surface area contributed by atoms with E-state index in [-0.39, 0.29) is 6.42 Å². The molecule has 0 aliphatic heterocycles. The summed E-state index contributed by atoms with van der Waals surface area (Å²) in [6.45, 7) is 0. The molecule has 5 heteroatoms. The van der Waals surface area contributed by atoms with Gasteiger partial charge < -0.3 is 9.47 Å². The largest absolute Gasteiger partial charge is 0.461 e. The van der Waals surface area contributed by atoms with Crippen LogP contribution >= 0.6 is 0 Å². The molecule has 2 aromatic carbocycles. The quantitative estimate of drug-likeness (QED) is 0.476. The van der Waals surface area contributed by atoms with E-state index in [1.807, 2.05) is 24.3 Å². The van der Waals surface area contributed by atoms with E-state index in [4.69, 9.17) is 9.47 Å². The zero-order valence-electron chi connectivity index (χ0n) is 12.3. The molecule has 0 fully saturated rings. The first kappa shape index (κ1) is 14.8. The Kier molecular flexibility index (Phi) is 4.10. The monoisotopic (exact) mass is 309 g/mol. The second kappa shape index (κ2) is 6.36. The minimum absolute atomic E-state index is 0.0142. The summed E-state index contributed by atoms with van der Waals surface area (Å²) in [5.41, 5.74) is -1.67. The smallest absolute Gasteiger partial charge is 0.390 e. The molecule has 23 heavy (non-hydrogen) atoms. The van der Waals surface area contributed by atoms with Crippen molar-refractivity contribution in [2.75, 3.05) is 0 Å². The van der Waals surface area contributed by atoms with Crippen LogP contribution in [-0.4, -0.2) is 10.6 Å². The maximum Gasteiger partial charge on any atom is 0.390 e. The minimum atomic E-state index is -1.67. The van der Waals surface area contributed by atoms with Gasteiger partial charge >= 0.3 is 5.72 Å². The zero-order valence-corrected chi connectivity index (χ0v) is 12.3. The Labute approximate surface area is 133 Å². The number of benzene rings is 2. The zero-order chi connectivity index (χ0) is 16.1. The fraction of sp³-hybridized carbons (Fsp3) is 0.111. The van der Waals surface area contributed by atoms with Crippen molar-refractivity contribution in [1.82, 2.24) is 0 Å². The number of allylic oxidation sites excluding steroid dienone is 2. The van der Waals surface area contributed by atoms with E-state index < -0.39 is 10.6 Å². The van der Waals surface area contributed by atoms with Crippen LogP contribution < -0.4 is 9.47 Å². The van der Waals surface area contributed by atoms with Crippen LogP contribution in [0.3, 0.4) is 0 Å². The maximum atomic E-state index is 11.6. The molecule has 1 unspecified atom stereocenters. The molecule has 0 saturated carbocycles. The van der Waals surface area contributed by atoms with Gasteiger partial charge in [0.2, 0.25) is 0 Å². The van der Waals surface area contributed by atoms with Gasteiger partial charge in [0.25, 0.3) is 0 Å². The molecule has 0 N–H and O–H groups in total. The van der Waals surface area contributed by atoms with Gasteiger partial charge in [0, 0.05) is 6.08 Å². The first-order valence-corrected chi connectivity index (χ1v) is 7.18. The van der Waals surface area contributed by atoms with E-state index >= 15 is 0 Å². The molecule has 1 aliphatic carbocycles. The summed E-state index contributed by atoms with van der Waals surface area (Å²) in [7, 11) is 0. The van der Waals surface area contributed by atoms with Gasteiger partial charge in [-0.3, -0.25) is 10.1 Å². The Morgan fingerprint density at radius 3 is 2.17 bits per heavy atom. The highest BCUT2D eigenvalue weighted by Gasteiger charge is 2.46. The van der Waals surface area contributed by atoms with E-state index in [1.165, 1.54) is 6.08 Å². The molecule has 0 heterocycles. The average molecular weight is 309 g/mol. The van der Waals surface area contributed by atoms with Crippen molar-refractivity contribution in [2.45, 2.75) is 12.1 Å². The number of rotatable bonds is 5. The van der Waals surface area contributed by atoms with Crippen molar-refractivity contribution in [1.29, 1.82) is 0 Å². The van der Waals surface area contributed by atoms with Crippen LogP contribution in [0.15, 0.2) is 84.7 Å². The number of hydrogen-bond donors (Lipinski definition) is 0. The van der Waals surface area contributed by atoms with E-state index in [1.54, 1.807) is 48.6 Å². The Morgan fingerprint density at radius 2 is 1.57 bits per heavy atom. The number of hydrogen-bond acceptors (Lipinski definition) is 4. The van der Waals surface area contributed by atoms with Gasteiger partial charge in [0.15, 0.2) is 0 Å². The molecule has 116 valence electrons. The van der Waals surface area contributed by atoms with Gasteiger partial charge in [0.05, 0.1) is 4.92 Å². The number of nitrogens with zero attached hydrogens (tertiary/aromatic N) is 1. The van der Waals surface area contributed by atoms with Gasteiger partial charge in [-0.05, 0) is 30.3 Å². The van der Waals surface area contributed by atoms with Crippen LogP contribution in [0.5, 0.6) is 11.5 Å². The van der Waals surface area contributed by atoms with Crippen LogP contribution in [0.25, 0.3) is 0 Å². The minimum Gasteiger partial charge on any atom is -0.461 e. The fourth-order valence-electron chi connectivity index (χ4n) is 2.31. The lowest BCUT2D eigenvalue weighted by atomic mass is 10.0. The molecule has 0 saturated heterocycles. The van der Waals surface area contributed by atoms with Gasteiger partial charge in [-0.15, -0.1) is 0 Å². The summed E-state index contributed by atoms with van der Waals surface area (Å²) in [5.74, 6) is 1.55. The van der Waals surface area contributed by atoms with Crippen molar-refractivity contribution in [2.24, 2.45) is 0 Å². The lowest BCUT2D eigenvalue weighted by molar-refractivity contribution is -0.599. The Balaban J connectivity index is 1.81. The average Bonchev–Trinajstić information content (AvgIpc) is 2.57. The van der Waals surface area contributed by atoms with Crippen LogP contribution in [0.1, 0.15) is 6.42 Å². The highest BCUT2D eigenvalue weighted by molar-refractivity contribution is 5.29. The predicted molar refractivity (Wildman–Crippen MR) is 85.7 cm³/mol. The third-order valence-electron chi connectivity index (χ3n) is 3.41. The SMILES string of the molecule is O=[N+]([O-])C1(Oc2ccccc2)C=CC=C(Oc2ccccc2)C1. The molecular weight excluding hydrogens is 294 g/mol. The molecular formula is C18H15NO4. The Morgan fingerprint density at radius 1 is 0.957 bits per heavy atom. The van der Waals surface area contributed by atoms with Gasteiger partial charge in [-0.25, -0.2) is 0 Å². The van der Waals surface area contributed by atoms with E-state index in [0.717, 1.165) is 0 Å². The number of para-hydroxylation sites is 2. The third-order valence-corrected chi connectivity index (χ3v) is 3.41. The van der Waals surface area contributed by atoms with Gasteiger partial charge in [0.1, 0.15) is 23.7 Å². The standard InChI is InChI=1S/C18H15NO4/c20-19(21)18(23-16-10-5-2-6-11-16)13-7-12-17(14-18)22-15-8-3-1-4-9-15/h1-13H,14H2. The van der Waals surface area contributed by atoms with E-state index in [9.17, 15) is 10.1 Å². The lowest BCUT2D eigenvalue weighted by Gasteiger charge is -2.26. The summed E-state index contributed by atoms with van der Waals surface area (Å²) in [4.78, 5) is 11.2. The molecule has 0 radical (unpaired) electrons. The molecule has 3 rings (SSSR count). The third kappa shape index (κ3) is 3.40. The lowest BCUT2D eigenvalue weighted by Crippen LogP contribution is -2.44. The van der Waals surface area contributed by atoms with Crippen molar-refractivity contribution in [3.63, 3.8) is 0 Å². The predicted octanol–water partition coefficient (Wildman–Crippen LogP) is 3.96.